The molecule has 2 atom stereocenters. The van der Waals surface area contributed by atoms with E-state index in [1.54, 1.807) is 7.05 Å². The van der Waals surface area contributed by atoms with E-state index in [1.807, 2.05) is 19.1 Å². The molecule has 3 N–H and O–H groups in total. The lowest BCUT2D eigenvalue weighted by molar-refractivity contribution is -0.122. The third-order valence-electron chi connectivity index (χ3n) is 3.43. The van der Waals surface area contributed by atoms with E-state index in [2.05, 4.69) is 36.2 Å². The lowest BCUT2D eigenvalue weighted by atomic mass is 9.95. The second-order valence-electron chi connectivity index (χ2n) is 4.90. The second kappa shape index (κ2) is 7.26. The molecule has 0 heterocycles. The first kappa shape index (κ1) is 15.7. The molecule has 0 spiro atoms. The van der Waals surface area contributed by atoms with Gasteiger partial charge in [0.25, 0.3) is 0 Å². The van der Waals surface area contributed by atoms with Gasteiger partial charge in [-0.05, 0) is 31.5 Å². The predicted octanol–water partition coefficient (Wildman–Crippen LogP) is 1.45. The molecule has 0 saturated heterocycles. The number of hydrogen-bond acceptors (Lipinski definition) is 3. The van der Waals surface area contributed by atoms with Crippen LogP contribution in [0.4, 0.5) is 0 Å². The van der Waals surface area contributed by atoms with Gasteiger partial charge in [0, 0.05) is 13.1 Å². The molecular formula is C15H25N3O. The van der Waals surface area contributed by atoms with Gasteiger partial charge >= 0.3 is 0 Å². The van der Waals surface area contributed by atoms with Gasteiger partial charge in [-0.1, -0.05) is 31.2 Å². The van der Waals surface area contributed by atoms with Crippen LogP contribution in [-0.4, -0.2) is 37.0 Å². The number of hydrogen-bond donors (Lipinski definition) is 2. The molecule has 0 aromatic heterocycles. The summed E-state index contributed by atoms with van der Waals surface area (Å²) in [6.07, 6.45) is 0. The third-order valence-corrected chi connectivity index (χ3v) is 3.43. The molecule has 1 aromatic rings. The first-order valence-corrected chi connectivity index (χ1v) is 6.77. The van der Waals surface area contributed by atoms with Crippen LogP contribution in [0.5, 0.6) is 0 Å². The number of rotatable bonds is 6. The first-order chi connectivity index (χ1) is 9.01. The number of amides is 1. The van der Waals surface area contributed by atoms with Crippen LogP contribution in [0, 0.1) is 6.92 Å². The molecule has 0 bridgehead atoms. The van der Waals surface area contributed by atoms with E-state index in [1.165, 1.54) is 11.1 Å². The average Bonchev–Trinajstić information content (AvgIpc) is 2.39. The Balaban J connectivity index is 3.05. The summed E-state index contributed by atoms with van der Waals surface area (Å²) in [5.74, 6) is 0.0149. The molecule has 0 radical (unpaired) electrons. The van der Waals surface area contributed by atoms with Crippen LogP contribution in [0.2, 0.25) is 0 Å². The van der Waals surface area contributed by atoms with Crippen molar-refractivity contribution < 1.29 is 4.79 Å². The second-order valence-corrected chi connectivity index (χ2v) is 4.90. The van der Waals surface area contributed by atoms with Crippen LogP contribution in [-0.2, 0) is 4.79 Å². The van der Waals surface area contributed by atoms with E-state index in [4.69, 9.17) is 5.73 Å². The monoisotopic (exact) mass is 263 g/mol. The van der Waals surface area contributed by atoms with Gasteiger partial charge in [0.2, 0.25) is 5.91 Å². The Morgan fingerprint density at radius 2 is 2.05 bits per heavy atom. The smallest absolute Gasteiger partial charge is 0.233 e. The number of nitrogens with two attached hydrogens (primary N) is 1. The molecule has 0 aliphatic rings. The SMILES string of the molecule is CCN(CC(=O)NC)C(c1ccccc1C)C(C)N. The largest absolute Gasteiger partial charge is 0.358 e. The van der Waals surface area contributed by atoms with E-state index in [-0.39, 0.29) is 18.0 Å². The van der Waals surface area contributed by atoms with Crippen molar-refractivity contribution in [3.05, 3.63) is 35.4 Å². The minimum atomic E-state index is -0.0364. The minimum absolute atomic E-state index is 0.0149. The number of likely N-dealkylation sites (N-methyl/N-ethyl adjacent to an activating group) is 2. The fourth-order valence-electron chi connectivity index (χ4n) is 2.40. The maximum atomic E-state index is 11.6. The van der Waals surface area contributed by atoms with Crippen LogP contribution in [0.1, 0.15) is 31.0 Å². The third kappa shape index (κ3) is 4.04. The van der Waals surface area contributed by atoms with E-state index in [0.29, 0.717) is 6.54 Å². The summed E-state index contributed by atoms with van der Waals surface area (Å²) in [5, 5.41) is 2.67. The van der Waals surface area contributed by atoms with Crippen molar-refractivity contribution in [2.45, 2.75) is 32.9 Å². The van der Waals surface area contributed by atoms with Crippen molar-refractivity contribution in [3.63, 3.8) is 0 Å². The van der Waals surface area contributed by atoms with Crippen LogP contribution >= 0.6 is 0 Å². The Morgan fingerprint density at radius 1 is 1.42 bits per heavy atom. The molecule has 1 amide bonds. The van der Waals surface area contributed by atoms with Gasteiger partial charge in [0.05, 0.1) is 12.6 Å². The van der Waals surface area contributed by atoms with Crippen LogP contribution < -0.4 is 11.1 Å². The first-order valence-electron chi connectivity index (χ1n) is 6.77. The lowest BCUT2D eigenvalue weighted by Crippen LogP contribution is -2.44. The zero-order valence-electron chi connectivity index (χ0n) is 12.3. The molecule has 0 saturated carbocycles. The van der Waals surface area contributed by atoms with Gasteiger partial charge in [-0.3, -0.25) is 9.69 Å². The fourth-order valence-corrected chi connectivity index (χ4v) is 2.40. The van der Waals surface area contributed by atoms with E-state index < -0.39 is 0 Å². The van der Waals surface area contributed by atoms with Crippen molar-refractivity contribution in [2.75, 3.05) is 20.1 Å². The number of aryl methyl sites for hydroxylation is 1. The number of benzene rings is 1. The maximum Gasteiger partial charge on any atom is 0.233 e. The molecule has 19 heavy (non-hydrogen) atoms. The molecule has 4 nitrogen and oxygen atoms in total. The summed E-state index contributed by atoms with van der Waals surface area (Å²) >= 11 is 0. The molecule has 1 aromatic carbocycles. The van der Waals surface area contributed by atoms with Gasteiger partial charge in [0.15, 0.2) is 0 Å². The highest BCUT2D eigenvalue weighted by molar-refractivity contribution is 5.77. The van der Waals surface area contributed by atoms with Crippen molar-refractivity contribution >= 4 is 5.91 Å². The van der Waals surface area contributed by atoms with Crippen molar-refractivity contribution in [1.29, 1.82) is 0 Å². The van der Waals surface area contributed by atoms with Crippen LogP contribution in [0.15, 0.2) is 24.3 Å². The van der Waals surface area contributed by atoms with Gasteiger partial charge in [-0.25, -0.2) is 0 Å². The Morgan fingerprint density at radius 3 is 2.53 bits per heavy atom. The normalized spacial score (nSPS) is 14.2. The van der Waals surface area contributed by atoms with Crippen molar-refractivity contribution in [3.8, 4) is 0 Å². The molecule has 0 aliphatic carbocycles. The highest BCUT2D eigenvalue weighted by Gasteiger charge is 2.25. The number of nitrogens with zero attached hydrogens (tertiary/aromatic N) is 1. The minimum Gasteiger partial charge on any atom is -0.358 e. The number of carbonyl (C=O) groups is 1. The van der Waals surface area contributed by atoms with Crippen molar-refractivity contribution in [2.24, 2.45) is 5.73 Å². The van der Waals surface area contributed by atoms with Crippen molar-refractivity contribution in [1.82, 2.24) is 10.2 Å². The Labute approximate surface area is 116 Å². The lowest BCUT2D eigenvalue weighted by Gasteiger charge is -2.34. The van der Waals surface area contributed by atoms with E-state index in [0.717, 1.165) is 6.54 Å². The number of nitrogens with one attached hydrogen (secondary N) is 1. The molecular weight excluding hydrogens is 238 g/mol. The van der Waals surface area contributed by atoms with E-state index in [9.17, 15) is 4.79 Å². The Bertz CT molecular complexity index is 418. The summed E-state index contributed by atoms with van der Waals surface area (Å²) < 4.78 is 0. The van der Waals surface area contributed by atoms with Gasteiger partial charge in [-0.2, -0.15) is 0 Å². The maximum absolute atomic E-state index is 11.6. The Hall–Kier alpha value is -1.39. The molecule has 106 valence electrons. The average molecular weight is 263 g/mol. The summed E-state index contributed by atoms with van der Waals surface area (Å²) in [6.45, 7) is 7.28. The predicted molar refractivity (Wildman–Crippen MR) is 78.9 cm³/mol. The van der Waals surface area contributed by atoms with Gasteiger partial charge in [-0.15, -0.1) is 0 Å². The van der Waals surface area contributed by atoms with Crippen LogP contribution in [0.25, 0.3) is 0 Å². The molecule has 0 aliphatic heterocycles. The van der Waals surface area contributed by atoms with Gasteiger partial charge < -0.3 is 11.1 Å². The summed E-state index contributed by atoms with van der Waals surface area (Å²) in [5.41, 5.74) is 8.56. The summed E-state index contributed by atoms with van der Waals surface area (Å²) in [6, 6.07) is 8.24. The van der Waals surface area contributed by atoms with Gasteiger partial charge in [0.1, 0.15) is 0 Å². The van der Waals surface area contributed by atoms with Crippen LogP contribution in [0.3, 0.4) is 0 Å². The highest BCUT2D eigenvalue weighted by Crippen LogP contribution is 2.25. The molecule has 0 fully saturated rings. The quantitative estimate of drug-likeness (QED) is 0.817. The molecule has 4 heteroatoms. The summed E-state index contributed by atoms with van der Waals surface area (Å²) in [7, 11) is 1.66. The topological polar surface area (TPSA) is 58.4 Å². The fraction of sp³-hybridized carbons (Fsp3) is 0.533. The molecule has 1 rings (SSSR count). The summed E-state index contributed by atoms with van der Waals surface area (Å²) in [4.78, 5) is 13.7. The Kier molecular flexibility index (Phi) is 5.99. The number of carbonyl (C=O) groups excluding carboxylic acids is 1. The zero-order chi connectivity index (χ0) is 14.4. The highest BCUT2D eigenvalue weighted by atomic mass is 16.1. The standard InChI is InChI=1S/C15H25N3O/c1-5-18(10-14(19)17-4)15(12(3)16)13-9-7-6-8-11(13)2/h6-9,12,15H,5,10,16H2,1-4H3,(H,17,19). The van der Waals surface area contributed by atoms with E-state index >= 15 is 0 Å². The molecule has 2 unspecified atom stereocenters. The zero-order valence-corrected chi connectivity index (χ0v) is 12.3.